The molecule has 1 atom stereocenters. The van der Waals surface area contributed by atoms with Crippen molar-refractivity contribution in [2.24, 2.45) is 0 Å². The second-order valence-electron chi connectivity index (χ2n) is 4.31. The van der Waals surface area contributed by atoms with Gasteiger partial charge in [-0.2, -0.15) is 0 Å². The predicted molar refractivity (Wildman–Crippen MR) is 74.8 cm³/mol. The zero-order valence-corrected chi connectivity index (χ0v) is 11.9. The third-order valence-electron chi connectivity index (χ3n) is 2.82. The molecule has 5 nitrogen and oxygen atoms in total. The van der Waals surface area contributed by atoms with Crippen LogP contribution in [0.1, 0.15) is 12.8 Å². The Hall–Kier alpha value is -1.40. The molecule has 0 unspecified atom stereocenters. The predicted octanol–water partition coefficient (Wildman–Crippen LogP) is 1.68. The minimum Gasteiger partial charge on any atom is -0.376 e. The summed E-state index contributed by atoms with van der Waals surface area (Å²) in [5.74, 6) is -1.31. The van der Waals surface area contributed by atoms with Crippen LogP contribution >= 0.6 is 15.9 Å². The number of ether oxygens (including phenoxy) is 1. The number of hydrogen-bond acceptors (Lipinski definition) is 3. The molecule has 2 N–H and O–H groups in total. The summed E-state index contributed by atoms with van der Waals surface area (Å²) in [6.45, 7) is 1.11. The van der Waals surface area contributed by atoms with Crippen molar-refractivity contribution < 1.29 is 14.3 Å². The molecule has 0 aliphatic carbocycles. The van der Waals surface area contributed by atoms with Gasteiger partial charge in [0.15, 0.2) is 0 Å². The summed E-state index contributed by atoms with van der Waals surface area (Å²) in [6, 6.07) is 7.02. The first-order valence-corrected chi connectivity index (χ1v) is 6.91. The standard InChI is InChI=1S/C13H15BrN2O3/c14-9-3-5-10(6-4-9)16-13(18)12(17)15-8-11-2-1-7-19-11/h3-6,11H,1-2,7-8H2,(H,15,17)(H,16,18)/t11-/m1/s1. The van der Waals surface area contributed by atoms with E-state index in [9.17, 15) is 9.59 Å². The Morgan fingerprint density at radius 3 is 2.63 bits per heavy atom. The van der Waals surface area contributed by atoms with Crippen molar-refractivity contribution >= 4 is 33.4 Å². The molecular formula is C13H15BrN2O3. The lowest BCUT2D eigenvalue weighted by Crippen LogP contribution is -2.39. The van der Waals surface area contributed by atoms with Crippen LogP contribution in [0.25, 0.3) is 0 Å². The molecule has 2 amide bonds. The van der Waals surface area contributed by atoms with Gasteiger partial charge in [-0.25, -0.2) is 0 Å². The van der Waals surface area contributed by atoms with E-state index < -0.39 is 11.8 Å². The number of halogens is 1. The third-order valence-corrected chi connectivity index (χ3v) is 3.35. The highest BCUT2D eigenvalue weighted by Crippen LogP contribution is 2.14. The van der Waals surface area contributed by atoms with E-state index in [0.717, 1.165) is 23.9 Å². The molecular weight excluding hydrogens is 312 g/mol. The van der Waals surface area contributed by atoms with Crippen LogP contribution in [-0.4, -0.2) is 31.1 Å². The molecule has 0 aromatic heterocycles. The number of anilines is 1. The first kappa shape index (κ1) is 14.0. The fourth-order valence-corrected chi connectivity index (χ4v) is 2.08. The van der Waals surface area contributed by atoms with Gasteiger partial charge >= 0.3 is 11.8 Å². The van der Waals surface area contributed by atoms with E-state index in [-0.39, 0.29) is 6.10 Å². The maximum Gasteiger partial charge on any atom is 0.313 e. The second kappa shape index (κ2) is 6.68. The van der Waals surface area contributed by atoms with Crippen molar-refractivity contribution in [3.05, 3.63) is 28.7 Å². The Bertz CT molecular complexity index is 455. The van der Waals surface area contributed by atoms with Gasteiger partial charge in [0, 0.05) is 23.3 Å². The Morgan fingerprint density at radius 2 is 2.00 bits per heavy atom. The second-order valence-corrected chi connectivity index (χ2v) is 5.22. The minimum absolute atomic E-state index is 0.0319. The van der Waals surface area contributed by atoms with E-state index in [1.54, 1.807) is 24.3 Å². The number of carbonyl (C=O) groups excluding carboxylic acids is 2. The lowest BCUT2D eigenvalue weighted by atomic mass is 10.2. The normalized spacial score (nSPS) is 18.1. The van der Waals surface area contributed by atoms with Crippen LogP contribution < -0.4 is 10.6 Å². The molecule has 1 aliphatic heterocycles. The smallest absolute Gasteiger partial charge is 0.313 e. The van der Waals surface area contributed by atoms with Gasteiger partial charge in [-0.15, -0.1) is 0 Å². The maximum atomic E-state index is 11.6. The van der Waals surface area contributed by atoms with Gasteiger partial charge in [0.2, 0.25) is 0 Å². The zero-order valence-electron chi connectivity index (χ0n) is 10.3. The SMILES string of the molecule is O=C(NC[C@H]1CCCO1)C(=O)Nc1ccc(Br)cc1. The van der Waals surface area contributed by atoms with E-state index >= 15 is 0 Å². The van der Waals surface area contributed by atoms with E-state index in [1.165, 1.54) is 0 Å². The molecule has 0 bridgehead atoms. The molecule has 1 fully saturated rings. The molecule has 1 aromatic carbocycles. The Morgan fingerprint density at radius 1 is 1.26 bits per heavy atom. The van der Waals surface area contributed by atoms with Crippen LogP contribution in [0.5, 0.6) is 0 Å². The number of carbonyl (C=O) groups is 2. The first-order valence-electron chi connectivity index (χ1n) is 6.11. The molecule has 6 heteroatoms. The van der Waals surface area contributed by atoms with E-state index in [2.05, 4.69) is 26.6 Å². The summed E-state index contributed by atoms with van der Waals surface area (Å²) in [6.07, 6.45) is 1.96. The van der Waals surface area contributed by atoms with Gasteiger partial charge in [-0.05, 0) is 37.1 Å². The van der Waals surface area contributed by atoms with Crippen LogP contribution in [0.4, 0.5) is 5.69 Å². The Labute approximate surface area is 119 Å². The van der Waals surface area contributed by atoms with Crippen LogP contribution in [0.3, 0.4) is 0 Å². The van der Waals surface area contributed by atoms with E-state index in [4.69, 9.17) is 4.74 Å². The van der Waals surface area contributed by atoms with Gasteiger partial charge < -0.3 is 15.4 Å². The number of rotatable bonds is 3. The van der Waals surface area contributed by atoms with Crippen molar-refractivity contribution in [1.29, 1.82) is 0 Å². The number of amides is 2. The number of nitrogens with one attached hydrogen (secondary N) is 2. The zero-order chi connectivity index (χ0) is 13.7. The lowest BCUT2D eigenvalue weighted by Gasteiger charge is -2.10. The molecule has 1 heterocycles. The fraction of sp³-hybridized carbons (Fsp3) is 0.385. The molecule has 1 aliphatic rings. The van der Waals surface area contributed by atoms with Gasteiger partial charge in [0.1, 0.15) is 0 Å². The summed E-state index contributed by atoms with van der Waals surface area (Å²) in [5.41, 5.74) is 0.584. The monoisotopic (exact) mass is 326 g/mol. The highest BCUT2D eigenvalue weighted by molar-refractivity contribution is 9.10. The van der Waals surface area contributed by atoms with Crippen LogP contribution in [0.15, 0.2) is 28.7 Å². The van der Waals surface area contributed by atoms with E-state index in [1.807, 2.05) is 0 Å². The highest BCUT2D eigenvalue weighted by atomic mass is 79.9. The van der Waals surface area contributed by atoms with Crippen molar-refractivity contribution in [3.63, 3.8) is 0 Å². The maximum absolute atomic E-state index is 11.6. The molecule has 1 saturated heterocycles. The average Bonchev–Trinajstić information content (AvgIpc) is 2.91. The van der Waals surface area contributed by atoms with Crippen molar-refractivity contribution in [2.45, 2.75) is 18.9 Å². The molecule has 0 saturated carbocycles. The number of hydrogen-bond donors (Lipinski definition) is 2. The van der Waals surface area contributed by atoms with Crippen molar-refractivity contribution in [1.82, 2.24) is 5.32 Å². The molecule has 2 rings (SSSR count). The van der Waals surface area contributed by atoms with Gasteiger partial charge in [-0.1, -0.05) is 15.9 Å². The third kappa shape index (κ3) is 4.33. The minimum atomic E-state index is -0.666. The van der Waals surface area contributed by atoms with Crippen LogP contribution in [-0.2, 0) is 14.3 Å². The molecule has 19 heavy (non-hydrogen) atoms. The quantitative estimate of drug-likeness (QED) is 0.830. The lowest BCUT2D eigenvalue weighted by molar-refractivity contribution is -0.136. The summed E-state index contributed by atoms with van der Waals surface area (Å²) in [5, 5.41) is 5.10. The van der Waals surface area contributed by atoms with E-state index in [0.29, 0.717) is 12.2 Å². The fourth-order valence-electron chi connectivity index (χ4n) is 1.81. The summed E-state index contributed by atoms with van der Waals surface area (Å²) < 4.78 is 6.27. The largest absolute Gasteiger partial charge is 0.376 e. The van der Waals surface area contributed by atoms with Crippen molar-refractivity contribution in [3.8, 4) is 0 Å². The number of benzene rings is 1. The Balaban J connectivity index is 1.78. The summed E-state index contributed by atoms with van der Waals surface area (Å²) in [4.78, 5) is 23.2. The Kier molecular flexibility index (Phi) is 4.93. The van der Waals surface area contributed by atoms with Crippen LogP contribution in [0, 0.1) is 0 Å². The molecule has 1 aromatic rings. The van der Waals surface area contributed by atoms with Crippen LogP contribution in [0.2, 0.25) is 0 Å². The van der Waals surface area contributed by atoms with Crippen molar-refractivity contribution in [2.75, 3.05) is 18.5 Å². The molecule has 102 valence electrons. The molecule has 0 radical (unpaired) electrons. The first-order chi connectivity index (χ1) is 9.15. The summed E-state index contributed by atoms with van der Waals surface area (Å²) >= 11 is 3.30. The average molecular weight is 327 g/mol. The van der Waals surface area contributed by atoms with Gasteiger partial charge in [0.05, 0.1) is 6.10 Å². The summed E-state index contributed by atoms with van der Waals surface area (Å²) in [7, 11) is 0. The van der Waals surface area contributed by atoms with Gasteiger partial charge in [0.25, 0.3) is 0 Å². The highest BCUT2D eigenvalue weighted by Gasteiger charge is 2.19. The topological polar surface area (TPSA) is 67.4 Å². The molecule has 0 spiro atoms. The van der Waals surface area contributed by atoms with Gasteiger partial charge in [-0.3, -0.25) is 9.59 Å².